The second-order valence-electron chi connectivity index (χ2n) is 7.70. The van der Waals surface area contributed by atoms with E-state index in [1.165, 1.54) is 29.4 Å². The molecule has 0 spiro atoms. The molecule has 0 fully saturated rings. The minimum atomic E-state index is -0.157. The van der Waals surface area contributed by atoms with Gasteiger partial charge in [-0.15, -0.1) is 11.3 Å². The van der Waals surface area contributed by atoms with Crippen LogP contribution in [0, 0.1) is 6.92 Å². The summed E-state index contributed by atoms with van der Waals surface area (Å²) in [4.78, 5) is 15.1. The lowest BCUT2D eigenvalue weighted by atomic mass is 9.89. The third kappa shape index (κ3) is 3.05. The number of fused-ring (bicyclic) bond motifs is 5. The largest absolute Gasteiger partial charge is 0.370 e. The maximum atomic E-state index is 6.03. The van der Waals surface area contributed by atoms with Gasteiger partial charge in [-0.05, 0) is 32.8 Å². The standard InChI is InChI=1S/C20H26N4OS/c1-5-6-7-8-21-18-17-16(22-11-23-18)15-13-9-20(3,4)25-10-14(13)12(2)24-19(15)26-17/h11H,5-10H2,1-4H3,(H,21,22,23). The van der Waals surface area contributed by atoms with Crippen molar-refractivity contribution in [2.45, 2.75) is 65.6 Å². The van der Waals surface area contributed by atoms with Crippen molar-refractivity contribution < 1.29 is 4.74 Å². The summed E-state index contributed by atoms with van der Waals surface area (Å²) in [5.41, 5.74) is 4.52. The maximum Gasteiger partial charge on any atom is 0.147 e. The van der Waals surface area contributed by atoms with E-state index in [2.05, 4.69) is 43.0 Å². The highest BCUT2D eigenvalue weighted by atomic mass is 32.1. The van der Waals surface area contributed by atoms with Gasteiger partial charge < -0.3 is 10.1 Å². The van der Waals surface area contributed by atoms with Gasteiger partial charge in [-0.2, -0.15) is 0 Å². The van der Waals surface area contributed by atoms with E-state index < -0.39 is 0 Å². The van der Waals surface area contributed by atoms with Crippen LogP contribution < -0.4 is 5.32 Å². The van der Waals surface area contributed by atoms with Crippen LogP contribution in [0.5, 0.6) is 0 Å². The molecule has 0 aliphatic carbocycles. The second kappa shape index (κ2) is 6.74. The number of unbranched alkanes of at least 4 members (excludes halogenated alkanes) is 2. The predicted molar refractivity (Wildman–Crippen MR) is 108 cm³/mol. The van der Waals surface area contributed by atoms with E-state index in [1.54, 1.807) is 17.7 Å². The molecule has 0 unspecified atom stereocenters. The van der Waals surface area contributed by atoms with E-state index in [0.29, 0.717) is 6.61 Å². The molecule has 138 valence electrons. The summed E-state index contributed by atoms with van der Waals surface area (Å²) in [6, 6.07) is 0. The molecule has 3 aromatic heterocycles. The molecule has 0 amide bonds. The van der Waals surface area contributed by atoms with Crippen LogP contribution in [0.3, 0.4) is 0 Å². The van der Waals surface area contributed by atoms with Gasteiger partial charge in [0, 0.05) is 29.6 Å². The fraction of sp³-hybridized carbons (Fsp3) is 0.550. The minimum absolute atomic E-state index is 0.157. The molecule has 1 aliphatic heterocycles. The Morgan fingerprint density at radius 1 is 1.23 bits per heavy atom. The molecule has 1 N–H and O–H groups in total. The molecule has 5 nitrogen and oxygen atoms in total. The molecule has 0 saturated heterocycles. The number of nitrogens with zero attached hydrogens (tertiary/aromatic N) is 3. The van der Waals surface area contributed by atoms with Crippen molar-refractivity contribution in [1.82, 2.24) is 15.0 Å². The van der Waals surface area contributed by atoms with E-state index >= 15 is 0 Å². The van der Waals surface area contributed by atoms with Crippen LogP contribution in [0.25, 0.3) is 20.4 Å². The second-order valence-corrected chi connectivity index (χ2v) is 8.69. The summed E-state index contributed by atoms with van der Waals surface area (Å²) in [6.07, 6.45) is 6.17. The lowest BCUT2D eigenvalue weighted by Gasteiger charge is -2.32. The van der Waals surface area contributed by atoms with E-state index in [4.69, 9.17) is 9.72 Å². The number of rotatable bonds is 5. The molecule has 0 bridgehead atoms. The van der Waals surface area contributed by atoms with Crippen LogP contribution in [-0.4, -0.2) is 27.1 Å². The van der Waals surface area contributed by atoms with Crippen molar-refractivity contribution >= 4 is 37.6 Å². The summed E-state index contributed by atoms with van der Waals surface area (Å²) in [5.74, 6) is 0.937. The van der Waals surface area contributed by atoms with Gasteiger partial charge in [-0.25, -0.2) is 15.0 Å². The average Bonchev–Trinajstić information content (AvgIpc) is 2.97. The summed E-state index contributed by atoms with van der Waals surface area (Å²) in [6.45, 7) is 10.2. The lowest BCUT2D eigenvalue weighted by Crippen LogP contribution is -2.32. The molecule has 1 aliphatic rings. The Kier molecular flexibility index (Phi) is 4.57. The van der Waals surface area contributed by atoms with Crippen molar-refractivity contribution in [2.24, 2.45) is 0 Å². The Hall–Kier alpha value is -1.79. The Morgan fingerprint density at radius 3 is 2.88 bits per heavy atom. The topological polar surface area (TPSA) is 59.9 Å². The number of hydrogen-bond donors (Lipinski definition) is 1. The molecular weight excluding hydrogens is 344 g/mol. The van der Waals surface area contributed by atoms with E-state index in [9.17, 15) is 0 Å². The molecule has 4 rings (SSSR count). The van der Waals surface area contributed by atoms with Crippen molar-refractivity contribution in [2.75, 3.05) is 11.9 Å². The lowest BCUT2D eigenvalue weighted by molar-refractivity contribution is -0.0400. The SMILES string of the molecule is CCCCCNc1ncnc2c1sc1nc(C)c3c(c12)CC(C)(C)OC3. The first-order valence-electron chi connectivity index (χ1n) is 9.43. The molecular formula is C20H26N4OS. The number of pyridine rings is 1. The third-order valence-corrected chi connectivity index (χ3v) is 6.19. The normalized spacial score (nSPS) is 16.2. The highest BCUT2D eigenvalue weighted by Gasteiger charge is 2.30. The molecule has 4 heterocycles. The molecule has 26 heavy (non-hydrogen) atoms. The van der Waals surface area contributed by atoms with Crippen LogP contribution in [-0.2, 0) is 17.8 Å². The Morgan fingerprint density at radius 2 is 2.08 bits per heavy atom. The monoisotopic (exact) mass is 370 g/mol. The van der Waals surface area contributed by atoms with Crippen molar-refractivity contribution in [3.63, 3.8) is 0 Å². The van der Waals surface area contributed by atoms with Gasteiger partial charge in [0.2, 0.25) is 0 Å². The smallest absolute Gasteiger partial charge is 0.147 e. The fourth-order valence-electron chi connectivity index (χ4n) is 3.68. The average molecular weight is 371 g/mol. The summed E-state index contributed by atoms with van der Waals surface area (Å²) in [7, 11) is 0. The van der Waals surface area contributed by atoms with Gasteiger partial charge in [0.15, 0.2) is 0 Å². The molecule has 3 aromatic rings. The van der Waals surface area contributed by atoms with E-state index in [0.717, 1.165) is 45.9 Å². The summed E-state index contributed by atoms with van der Waals surface area (Å²) < 4.78 is 7.14. The first kappa shape index (κ1) is 17.6. The number of nitrogens with one attached hydrogen (secondary N) is 1. The van der Waals surface area contributed by atoms with E-state index in [-0.39, 0.29) is 5.60 Å². The van der Waals surface area contributed by atoms with E-state index in [1.807, 2.05) is 0 Å². The molecule has 0 atom stereocenters. The van der Waals surface area contributed by atoms with Crippen LogP contribution >= 0.6 is 11.3 Å². The summed E-state index contributed by atoms with van der Waals surface area (Å²) >= 11 is 1.70. The summed E-state index contributed by atoms with van der Waals surface area (Å²) in [5, 5.41) is 4.70. The molecule has 0 saturated carbocycles. The fourth-order valence-corrected chi connectivity index (χ4v) is 4.85. The highest BCUT2D eigenvalue weighted by molar-refractivity contribution is 7.26. The van der Waals surface area contributed by atoms with Crippen LogP contribution in [0.1, 0.15) is 56.9 Å². The van der Waals surface area contributed by atoms with Crippen LogP contribution in [0.2, 0.25) is 0 Å². The molecule has 0 aromatic carbocycles. The number of aromatic nitrogens is 3. The zero-order chi connectivity index (χ0) is 18.3. The number of hydrogen-bond acceptors (Lipinski definition) is 6. The number of thiophene rings is 1. The Bertz CT molecular complexity index is 963. The van der Waals surface area contributed by atoms with Gasteiger partial charge >= 0.3 is 0 Å². The number of aryl methyl sites for hydroxylation is 1. The number of anilines is 1. The first-order valence-corrected chi connectivity index (χ1v) is 10.2. The highest BCUT2D eigenvalue weighted by Crippen LogP contribution is 2.41. The third-order valence-electron chi connectivity index (χ3n) is 5.11. The molecule has 6 heteroatoms. The quantitative estimate of drug-likeness (QED) is 0.640. The van der Waals surface area contributed by atoms with Gasteiger partial charge in [0.05, 0.1) is 22.4 Å². The number of ether oxygens (including phenoxy) is 1. The van der Waals surface area contributed by atoms with Gasteiger partial charge in [-0.1, -0.05) is 19.8 Å². The zero-order valence-corrected chi connectivity index (χ0v) is 16.8. The van der Waals surface area contributed by atoms with Crippen LogP contribution in [0.15, 0.2) is 6.33 Å². The van der Waals surface area contributed by atoms with Crippen molar-refractivity contribution in [1.29, 1.82) is 0 Å². The van der Waals surface area contributed by atoms with Gasteiger partial charge in [0.25, 0.3) is 0 Å². The molecule has 0 radical (unpaired) electrons. The Labute approximate surface area is 158 Å². The van der Waals surface area contributed by atoms with Crippen LogP contribution in [0.4, 0.5) is 5.82 Å². The predicted octanol–water partition coefficient (Wildman–Crippen LogP) is 5.00. The maximum absolute atomic E-state index is 6.03. The minimum Gasteiger partial charge on any atom is -0.370 e. The first-order chi connectivity index (χ1) is 12.5. The zero-order valence-electron chi connectivity index (χ0n) is 16.0. The van der Waals surface area contributed by atoms with Crippen molar-refractivity contribution in [3.8, 4) is 0 Å². The Balaban J connectivity index is 1.85. The van der Waals surface area contributed by atoms with Gasteiger partial charge in [0.1, 0.15) is 17.0 Å². The van der Waals surface area contributed by atoms with Crippen molar-refractivity contribution in [3.05, 3.63) is 23.1 Å². The van der Waals surface area contributed by atoms with Gasteiger partial charge in [-0.3, -0.25) is 0 Å².